The highest BCUT2D eigenvalue weighted by Gasteiger charge is 2.11. The van der Waals surface area contributed by atoms with Crippen LogP contribution in [-0.4, -0.2) is 11.5 Å². The molecule has 1 aromatic heterocycles. The quantitative estimate of drug-likeness (QED) is 0.824. The van der Waals surface area contributed by atoms with Crippen LogP contribution in [0.4, 0.5) is 0 Å². The van der Waals surface area contributed by atoms with Gasteiger partial charge in [-0.3, -0.25) is 4.98 Å². The highest BCUT2D eigenvalue weighted by atomic mass is 35.5. The number of benzene rings is 1. The van der Waals surface area contributed by atoms with Crippen LogP contribution in [-0.2, 0) is 6.61 Å². The van der Waals surface area contributed by atoms with E-state index in [4.69, 9.17) is 16.3 Å². The first-order chi connectivity index (χ1) is 10.2. The molecule has 1 N–H and O–H groups in total. The van der Waals surface area contributed by atoms with Crippen molar-refractivity contribution in [2.75, 3.05) is 6.54 Å². The number of para-hydroxylation sites is 1. The molecule has 2 rings (SSSR count). The first kappa shape index (κ1) is 15.8. The number of aromatic nitrogens is 1. The number of nitrogens with one attached hydrogen (secondary N) is 1. The van der Waals surface area contributed by atoms with Crippen LogP contribution in [0.3, 0.4) is 0 Å². The minimum atomic E-state index is 0.258. The smallest absolute Gasteiger partial charge is 0.124 e. The van der Waals surface area contributed by atoms with Crippen molar-refractivity contribution in [2.45, 2.75) is 32.9 Å². The highest BCUT2D eigenvalue weighted by Crippen LogP contribution is 2.26. The number of halogens is 1. The SMILES string of the molecule is CCCNC(C)c1ccccc1OCc1ccncc1Cl. The van der Waals surface area contributed by atoms with Crippen molar-refractivity contribution in [3.63, 3.8) is 0 Å². The fourth-order valence-corrected chi connectivity index (χ4v) is 2.29. The molecule has 1 aromatic carbocycles. The van der Waals surface area contributed by atoms with E-state index in [0.29, 0.717) is 11.6 Å². The lowest BCUT2D eigenvalue weighted by atomic mass is 10.1. The predicted molar refractivity (Wildman–Crippen MR) is 86.7 cm³/mol. The Bertz CT molecular complexity index is 574. The molecule has 0 aliphatic carbocycles. The van der Waals surface area contributed by atoms with Gasteiger partial charge >= 0.3 is 0 Å². The standard InChI is InChI=1S/C17H21ClN2O/c1-3-9-20-13(2)15-6-4-5-7-17(15)21-12-14-8-10-19-11-16(14)18/h4-8,10-11,13,20H,3,9,12H2,1-2H3. The Labute approximate surface area is 131 Å². The van der Waals surface area contributed by atoms with Crippen molar-refractivity contribution >= 4 is 11.6 Å². The molecule has 21 heavy (non-hydrogen) atoms. The second kappa shape index (κ2) is 8.01. The van der Waals surface area contributed by atoms with E-state index in [1.54, 1.807) is 12.4 Å². The van der Waals surface area contributed by atoms with Crippen molar-refractivity contribution in [3.8, 4) is 5.75 Å². The third-order valence-electron chi connectivity index (χ3n) is 3.33. The van der Waals surface area contributed by atoms with E-state index in [-0.39, 0.29) is 6.04 Å². The van der Waals surface area contributed by atoms with Gasteiger partial charge in [0.25, 0.3) is 0 Å². The lowest BCUT2D eigenvalue weighted by Gasteiger charge is -2.18. The highest BCUT2D eigenvalue weighted by molar-refractivity contribution is 6.31. The summed E-state index contributed by atoms with van der Waals surface area (Å²) >= 11 is 6.11. The maximum absolute atomic E-state index is 6.11. The van der Waals surface area contributed by atoms with E-state index in [0.717, 1.165) is 29.8 Å². The molecule has 0 spiro atoms. The maximum atomic E-state index is 6.11. The first-order valence-corrected chi connectivity index (χ1v) is 7.63. The second-order valence-electron chi connectivity index (χ2n) is 4.97. The summed E-state index contributed by atoms with van der Waals surface area (Å²) in [7, 11) is 0. The Morgan fingerprint density at radius 2 is 2.10 bits per heavy atom. The van der Waals surface area contributed by atoms with Crippen LogP contribution in [0.25, 0.3) is 0 Å². The first-order valence-electron chi connectivity index (χ1n) is 7.26. The Morgan fingerprint density at radius 1 is 1.29 bits per heavy atom. The molecule has 0 amide bonds. The zero-order chi connectivity index (χ0) is 15.1. The van der Waals surface area contributed by atoms with Gasteiger partial charge in [0.15, 0.2) is 0 Å². The van der Waals surface area contributed by atoms with E-state index in [9.17, 15) is 0 Å². The van der Waals surface area contributed by atoms with E-state index < -0.39 is 0 Å². The molecule has 0 aliphatic rings. The molecule has 4 heteroatoms. The summed E-state index contributed by atoms with van der Waals surface area (Å²) in [6, 6.07) is 10.2. The predicted octanol–water partition coefficient (Wildman–Crippen LogP) is 4.37. The zero-order valence-corrected chi connectivity index (χ0v) is 13.2. The average Bonchev–Trinajstić information content (AvgIpc) is 2.52. The molecular weight excluding hydrogens is 284 g/mol. The van der Waals surface area contributed by atoms with Gasteiger partial charge in [0, 0.05) is 29.6 Å². The molecule has 0 radical (unpaired) electrons. The molecule has 1 heterocycles. The maximum Gasteiger partial charge on any atom is 0.124 e. The molecule has 0 saturated carbocycles. The van der Waals surface area contributed by atoms with E-state index in [1.165, 1.54) is 0 Å². The van der Waals surface area contributed by atoms with Crippen LogP contribution < -0.4 is 10.1 Å². The molecule has 0 fully saturated rings. The summed E-state index contributed by atoms with van der Waals surface area (Å²) in [5.74, 6) is 0.890. The van der Waals surface area contributed by atoms with Gasteiger partial charge in [0.1, 0.15) is 12.4 Å². The molecule has 1 atom stereocenters. The van der Waals surface area contributed by atoms with Gasteiger partial charge < -0.3 is 10.1 Å². The molecule has 1 unspecified atom stereocenters. The largest absolute Gasteiger partial charge is 0.489 e. The van der Waals surface area contributed by atoms with Gasteiger partial charge in [0.05, 0.1) is 5.02 Å². The molecule has 0 saturated heterocycles. The number of nitrogens with zero attached hydrogens (tertiary/aromatic N) is 1. The van der Waals surface area contributed by atoms with E-state index in [1.807, 2.05) is 24.3 Å². The Kier molecular flexibility index (Phi) is 6.03. The van der Waals surface area contributed by atoms with Crippen LogP contribution in [0, 0.1) is 0 Å². The monoisotopic (exact) mass is 304 g/mol. The molecular formula is C17H21ClN2O. The number of hydrogen-bond donors (Lipinski definition) is 1. The molecule has 0 bridgehead atoms. The van der Waals surface area contributed by atoms with Crippen LogP contribution in [0.5, 0.6) is 5.75 Å². The van der Waals surface area contributed by atoms with E-state index in [2.05, 4.69) is 30.2 Å². The van der Waals surface area contributed by atoms with Crippen molar-refractivity contribution in [1.29, 1.82) is 0 Å². The third-order valence-corrected chi connectivity index (χ3v) is 3.67. The van der Waals surface area contributed by atoms with Crippen molar-refractivity contribution in [2.24, 2.45) is 0 Å². The summed E-state index contributed by atoms with van der Waals surface area (Å²) in [6.07, 6.45) is 4.47. The summed E-state index contributed by atoms with van der Waals surface area (Å²) in [5.41, 5.74) is 2.10. The number of rotatable bonds is 7. The minimum Gasteiger partial charge on any atom is -0.489 e. The number of ether oxygens (including phenoxy) is 1. The Balaban J connectivity index is 2.08. The van der Waals surface area contributed by atoms with Crippen molar-refractivity contribution in [1.82, 2.24) is 10.3 Å². The van der Waals surface area contributed by atoms with Gasteiger partial charge in [-0.2, -0.15) is 0 Å². The molecule has 0 aliphatic heterocycles. The molecule has 112 valence electrons. The van der Waals surface area contributed by atoms with Gasteiger partial charge in [0.2, 0.25) is 0 Å². The Hall–Kier alpha value is -1.58. The lowest BCUT2D eigenvalue weighted by Crippen LogP contribution is -2.20. The number of hydrogen-bond acceptors (Lipinski definition) is 3. The van der Waals surface area contributed by atoms with Gasteiger partial charge in [-0.05, 0) is 32.0 Å². The van der Waals surface area contributed by atoms with E-state index >= 15 is 0 Å². The molecule has 2 aromatic rings. The topological polar surface area (TPSA) is 34.1 Å². The van der Waals surface area contributed by atoms with Gasteiger partial charge in [-0.1, -0.05) is 36.7 Å². The van der Waals surface area contributed by atoms with Gasteiger partial charge in [-0.25, -0.2) is 0 Å². The zero-order valence-electron chi connectivity index (χ0n) is 12.5. The minimum absolute atomic E-state index is 0.258. The summed E-state index contributed by atoms with van der Waals surface area (Å²) < 4.78 is 5.95. The fourth-order valence-electron chi connectivity index (χ4n) is 2.12. The van der Waals surface area contributed by atoms with Crippen molar-refractivity contribution < 1.29 is 4.74 Å². The second-order valence-corrected chi connectivity index (χ2v) is 5.38. The average molecular weight is 305 g/mol. The normalized spacial score (nSPS) is 12.1. The van der Waals surface area contributed by atoms with Gasteiger partial charge in [-0.15, -0.1) is 0 Å². The number of pyridine rings is 1. The Morgan fingerprint density at radius 3 is 2.86 bits per heavy atom. The van der Waals surface area contributed by atoms with Crippen LogP contribution >= 0.6 is 11.6 Å². The van der Waals surface area contributed by atoms with Crippen LogP contribution in [0.15, 0.2) is 42.7 Å². The fraction of sp³-hybridized carbons (Fsp3) is 0.353. The molecule has 3 nitrogen and oxygen atoms in total. The van der Waals surface area contributed by atoms with Crippen LogP contribution in [0.2, 0.25) is 5.02 Å². The third kappa shape index (κ3) is 4.45. The lowest BCUT2D eigenvalue weighted by molar-refractivity contribution is 0.299. The summed E-state index contributed by atoms with van der Waals surface area (Å²) in [4.78, 5) is 3.98. The summed E-state index contributed by atoms with van der Waals surface area (Å²) in [5, 5.41) is 4.11. The van der Waals surface area contributed by atoms with Crippen molar-refractivity contribution in [3.05, 3.63) is 58.9 Å². The summed E-state index contributed by atoms with van der Waals surface area (Å²) in [6.45, 7) is 5.75. The van der Waals surface area contributed by atoms with Crippen LogP contribution in [0.1, 0.15) is 37.4 Å².